The van der Waals surface area contributed by atoms with Crippen LogP contribution in [0.3, 0.4) is 0 Å². The summed E-state index contributed by atoms with van der Waals surface area (Å²) in [7, 11) is 2.03. The average Bonchev–Trinajstić information content (AvgIpc) is 3.10. The second kappa shape index (κ2) is 8.14. The van der Waals surface area contributed by atoms with E-state index in [9.17, 15) is 9.59 Å². The summed E-state index contributed by atoms with van der Waals surface area (Å²) in [6.07, 6.45) is 5.91. The molecule has 6 nitrogen and oxygen atoms in total. The molecule has 26 heavy (non-hydrogen) atoms. The fourth-order valence-corrected chi connectivity index (χ4v) is 4.09. The first-order valence-corrected chi connectivity index (χ1v) is 9.90. The number of rotatable bonds is 3. The van der Waals surface area contributed by atoms with Gasteiger partial charge < -0.3 is 19.7 Å². The van der Waals surface area contributed by atoms with Crippen molar-refractivity contribution in [3.05, 3.63) is 23.0 Å². The van der Waals surface area contributed by atoms with Crippen LogP contribution in [0.4, 0.5) is 4.79 Å². The summed E-state index contributed by atoms with van der Waals surface area (Å²) in [5.41, 5.74) is 3.44. The SMILES string of the molecule is Cc1cc(CC(=O)N2CCCN(C(=O)NC3CCCC3)CC2)c(C)n1C. The number of aromatic nitrogens is 1. The Kier molecular flexibility index (Phi) is 5.89. The lowest BCUT2D eigenvalue weighted by Crippen LogP contribution is -2.45. The van der Waals surface area contributed by atoms with Gasteiger partial charge in [-0.25, -0.2) is 4.79 Å². The second-order valence-electron chi connectivity index (χ2n) is 7.78. The van der Waals surface area contributed by atoms with Gasteiger partial charge >= 0.3 is 6.03 Å². The molecular formula is C20H32N4O2. The van der Waals surface area contributed by atoms with Crippen LogP contribution in [0.5, 0.6) is 0 Å². The van der Waals surface area contributed by atoms with Gasteiger partial charge in [0.2, 0.25) is 5.91 Å². The normalized spacial score (nSPS) is 18.9. The van der Waals surface area contributed by atoms with Gasteiger partial charge in [0.1, 0.15) is 0 Å². The molecule has 1 aromatic rings. The van der Waals surface area contributed by atoms with Crippen LogP contribution in [0.2, 0.25) is 0 Å². The molecule has 0 spiro atoms. The van der Waals surface area contributed by atoms with E-state index in [1.54, 1.807) is 0 Å². The lowest BCUT2D eigenvalue weighted by Gasteiger charge is -2.24. The first-order chi connectivity index (χ1) is 12.5. The maximum absolute atomic E-state index is 12.7. The van der Waals surface area contributed by atoms with Crippen LogP contribution in [0.15, 0.2) is 6.07 Å². The largest absolute Gasteiger partial charge is 0.352 e. The fraction of sp³-hybridized carbons (Fsp3) is 0.700. The Morgan fingerprint density at radius 3 is 2.35 bits per heavy atom. The Bertz CT molecular complexity index is 661. The van der Waals surface area contributed by atoms with Crippen molar-refractivity contribution in [2.75, 3.05) is 26.2 Å². The molecule has 1 saturated heterocycles. The Hall–Kier alpha value is -1.98. The highest BCUT2D eigenvalue weighted by atomic mass is 16.2. The first kappa shape index (κ1) is 18.8. The summed E-state index contributed by atoms with van der Waals surface area (Å²) in [6.45, 7) is 6.84. The van der Waals surface area contributed by atoms with Crippen LogP contribution in [-0.2, 0) is 18.3 Å². The molecule has 6 heteroatoms. The van der Waals surface area contributed by atoms with E-state index >= 15 is 0 Å². The van der Waals surface area contributed by atoms with Gasteiger partial charge in [0.05, 0.1) is 6.42 Å². The van der Waals surface area contributed by atoms with Crippen molar-refractivity contribution < 1.29 is 9.59 Å². The molecule has 3 amide bonds. The smallest absolute Gasteiger partial charge is 0.317 e. The number of nitrogens with one attached hydrogen (secondary N) is 1. The number of hydrogen-bond donors (Lipinski definition) is 1. The van der Waals surface area contributed by atoms with Gasteiger partial charge in [0, 0.05) is 50.7 Å². The Labute approximate surface area is 156 Å². The molecule has 1 aliphatic carbocycles. The van der Waals surface area contributed by atoms with Gasteiger partial charge in [-0.1, -0.05) is 12.8 Å². The third-order valence-electron chi connectivity index (χ3n) is 6.04. The molecule has 2 aliphatic rings. The molecule has 2 fully saturated rings. The zero-order valence-corrected chi connectivity index (χ0v) is 16.4. The molecule has 2 heterocycles. The standard InChI is InChI=1S/C20H32N4O2/c1-15-13-17(16(2)22(15)3)14-19(25)23-9-6-10-24(12-11-23)20(26)21-18-7-4-5-8-18/h13,18H,4-12,14H2,1-3H3,(H,21,26). The quantitative estimate of drug-likeness (QED) is 0.900. The average molecular weight is 361 g/mol. The van der Waals surface area contributed by atoms with E-state index in [1.807, 2.05) is 16.8 Å². The first-order valence-electron chi connectivity index (χ1n) is 9.90. The number of urea groups is 1. The van der Waals surface area contributed by atoms with Crippen molar-refractivity contribution in [2.45, 2.75) is 58.4 Å². The van der Waals surface area contributed by atoms with E-state index in [4.69, 9.17) is 0 Å². The molecule has 0 atom stereocenters. The van der Waals surface area contributed by atoms with Crippen LogP contribution in [0.25, 0.3) is 0 Å². The topological polar surface area (TPSA) is 57.6 Å². The highest BCUT2D eigenvalue weighted by Gasteiger charge is 2.25. The monoisotopic (exact) mass is 360 g/mol. The molecular weight excluding hydrogens is 328 g/mol. The molecule has 3 rings (SSSR count). The molecule has 1 aliphatic heterocycles. The van der Waals surface area contributed by atoms with E-state index < -0.39 is 0 Å². The second-order valence-corrected chi connectivity index (χ2v) is 7.78. The minimum Gasteiger partial charge on any atom is -0.352 e. The van der Waals surface area contributed by atoms with Gasteiger partial charge in [-0.15, -0.1) is 0 Å². The van der Waals surface area contributed by atoms with Crippen LogP contribution in [0.1, 0.15) is 49.1 Å². The highest BCUT2D eigenvalue weighted by Crippen LogP contribution is 2.18. The number of hydrogen-bond acceptors (Lipinski definition) is 2. The number of nitrogens with zero attached hydrogens (tertiary/aromatic N) is 3. The molecule has 0 bridgehead atoms. The Balaban J connectivity index is 1.53. The third kappa shape index (κ3) is 4.22. The van der Waals surface area contributed by atoms with Crippen LogP contribution >= 0.6 is 0 Å². The molecule has 144 valence electrons. The molecule has 0 unspecified atom stereocenters. The number of aryl methyl sites for hydroxylation is 1. The minimum atomic E-state index is 0.0423. The van der Waals surface area contributed by atoms with Crippen molar-refractivity contribution in [1.82, 2.24) is 19.7 Å². The maximum atomic E-state index is 12.7. The predicted molar refractivity (Wildman–Crippen MR) is 102 cm³/mol. The van der Waals surface area contributed by atoms with E-state index in [0.717, 1.165) is 43.6 Å². The highest BCUT2D eigenvalue weighted by molar-refractivity contribution is 5.79. The third-order valence-corrected chi connectivity index (χ3v) is 6.04. The van der Waals surface area contributed by atoms with Crippen LogP contribution < -0.4 is 5.32 Å². The maximum Gasteiger partial charge on any atom is 0.317 e. The predicted octanol–water partition coefficient (Wildman–Crippen LogP) is 2.37. The minimum absolute atomic E-state index is 0.0423. The number of amides is 3. The zero-order valence-electron chi connectivity index (χ0n) is 16.4. The van der Waals surface area contributed by atoms with Gasteiger partial charge in [0.15, 0.2) is 0 Å². The fourth-order valence-electron chi connectivity index (χ4n) is 4.09. The molecule has 1 aromatic heterocycles. The molecule has 1 N–H and O–H groups in total. The summed E-state index contributed by atoms with van der Waals surface area (Å²) in [4.78, 5) is 29.0. The lowest BCUT2D eigenvalue weighted by molar-refractivity contribution is -0.130. The van der Waals surface area contributed by atoms with Gasteiger partial charge in [-0.2, -0.15) is 0 Å². The van der Waals surface area contributed by atoms with Crippen molar-refractivity contribution >= 4 is 11.9 Å². The van der Waals surface area contributed by atoms with E-state index in [1.165, 1.54) is 18.5 Å². The summed E-state index contributed by atoms with van der Waals surface area (Å²) in [6, 6.07) is 2.49. The molecule has 0 aromatic carbocycles. The Morgan fingerprint density at radius 2 is 1.69 bits per heavy atom. The van der Waals surface area contributed by atoms with Crippen molar-refractivity contribution in [3.63, 3.8) is 0 Å². The van der Waals surface area contributed by atoms with E-state index in [0.29, 0.717) is 25.6 Å². The lowest BCUT2D eigenvalue weighted by atomic mass is 10.1. The summed E-state index contributed by atoms with van der Waals surface area (Å²) in [5, 5.41) is 3.16. The van der Waals surface area contributed by atoms with Crippen LogP contribution in [0, 0.1) is 13.8 Å². The van der Waals surface area contributed by atoms with Crippen molar-refractivity contribution in [1.29, 1.82) is 0 Å². The van der Waals surface area contributed by atoms with Gasteiger partial charge in [-0.05, 0) is 44.7 Å². The number of carbonyl (C=O) groups excluding carboxylic acids is 2. The summed E-state index contributed by atoms with van der Waals surface area (Å²) >= 11 is 0. The summed E-state index contributed by atoms with van der Waals surface area (Å²) in [5.74, 6) is 0.164. The Morgan fingerprint density at radius 1 is 1.04 bits per heavy atom. The van der Waals surface area contributed by atoms with Crippen LogP contribution in [-0.4, -0.2) is 58.5 Å². The van der Waals surface area contributed by atoms with Crippen molar-refractivity contribution in [2.24, 2.45) is 7.05 Å². The zero-order chi connectivity index (χ0) is 18.7. The summed E-state index contributed by atoms with van der Waals surface area (Å²) < 4.78 is 2.13. The molecule has 0 radical (unpaired) electrons. The van der Waals surface area contributed by atoms with E-state index in [-0.39, 0.29) is 11.9 Å². The van der Waals surface area contributed by atoms with Crippen molar-refractivity contribution in [3.8, 4) is 0 Å². The number of carbonyl (C=O) groups is 2. The van der Waals surface area contributed by atoms with Gasteiger partial charge in [-0.3, -0.25) is 4.79 Å². The van der Waals surface area contributed by atoms with Gasteiger partial charge in [0.25, 0.3) is 0 Å². The van der Waals surface area contributed by atoms with E-state index in [2.05, 4.69) is 29.8 Å². The molecule has 1 saturated carbocycles.